The maximum Gasteiger partial charge on any atom is 0.451 e. The maximum atomic E-state index is 13.0. The molecule has 26 heavy (non-hydrogen) atoms. The minimum absolute atomic E-state index is 0.0679. The highest BCUT2D eigenvalue weighted by Gasteiger charge is 2.43. The Kier molecular flexibility index (Phi) is 4.55. The summed E-state index contributed by atoms with van der Waals surface area (Å²) in [4.78, 5) is 32.2. The fourth-order valence-electron chi connectivity index (χ4n) is 2.54. The van der Waals surface area contributed by atoms with Gasteiger partial charge in [-0.25, -0.2) is 14.8 Å². The number of thioether (sulfide) groups is 1. The van der Waals surface area contributed by atoms with Crippen molar-refractivity contribution in [1.29, 1.82) is 0 Å². The second kappa shape index (κ2) is 6.42. The highest BCUT2D eigenvalue weighted by Crippen LogP contribution is 2.32. The second-order valence-corrected chi connectivity index (χ2v) is 7.31. The lowest BCUT2D eigenvalue weighted by atomic mass is 10.1. The van der Waals surface area contributed by atoms with Crippen molar-refractivity contribution in [2.24, 2.45) is 0 Å². The number of fused-ring (bicyclic) bond motifs is 1. The van der Waals surface area contributed by atoms with Crippen LogP contribution in [0.25, 0.3) is 10.9 Å². The van der Waals surface area contributed by atoms with E-state index in [1.165, 1.54) is 6.07 Å². The molecule has 1 aliphatic rings. The first-order chi connectivity index (χ1) is 12.1. The lowest BCUT2D eigenvalue weighted by Crippen LogP contribution is -2.40. The number of carbonyl (C=O) groups excluding carboxylic acids is 2. The van der Waals surface area contributed by atoms with Gasteiger partial charge in [0.15, 0.2) is 0 Å². The summed E-state index contributed by atoms with van der Waals surface area (Å²) in [6.45, 7) is 3.25. The summed E-state index contributed by atoms with van der Waals surface area (Å²) in [6.07, 6.45) is -4.66. The number of rotatable bonds is 4. The van der Waals surface area contributed by atoms with E-state index < -0.39 is 23.6 Å². The fraction of sp³-hybridized carbons (Fsp3) is 0.375. The Morgan fingerprint density at radius 2 is 1.88 bits per heavy atom. The summed E-state index contributed by atoms with van der Waals surface area (Å²) in [6, 6.07) is 5.89. The van der Waals surface area contributed by atoms with Gasteiger partial charge in [0.1, 0.15) is 10.6 Å². The van der Waals surface area contributed by atoms with Crippen LogP contribution in [0.15, 0.2) is 29.3 Å². The molecular weight excluding hydrogens is 369 g/mol. The lowest BCUT2D eigenvalue weighted by Gasteiger charge is -2.16. The first-order valence-electron chi connectivity index (χ1n) is 7.70. The number of aromatic nitrogens is 2. The minimum Gasteiger partial charge on any atom is -0.324 e. The number of nitrogens with zero attached hydrogens (tertiary/aromatic N) is 3. The Morgan fingerprint density at radius 3 is 2.50 bits per heavy atom. The highest BCUT2D eigenvalue weighted by molar-refractivity contribution is 7.99. The number of hydrogen-bond acceptors (Lipinski definition) is 5. The van der Waals surface area contributed by atoms with Gasteiger partial charge >= 0.3 is 12.2 Å². The number of halogens is 3. The van der Waals surface area contributed by atoms with Crippen molar-refractivity contribution in [3.63, 3.8) is 0 Å². The van der Waals surface area contributed by atoms with Gasteiger partial charge in [0.25, 0.3) is 5.91 Å². The first kappa shape index (κ1) is 18.4. The number of para-hydroxylation sites is 1. The molecule has 1 aliphatic heterocycles. The molecule has 1 aromatic carbocycles. The van der Waals surface area contributed by atoms with E-state index in [0.717, 1.165) is 16.7 Å². The third kappa shape index (κ3) is 3.46. The second-order valence-electron chi connectivity index (χ2n) is 6.23. The molecule has 0 radical (unpaired) electrons. The Morgan fingerprint density at radius 1 is 1.19 bits per heavy atom. The van der Waals surface area contributed by atoms with Crippen LogP contribution >= 0.6 is 11.8 Å². The Hall–Kier alpha value is -2.36. The van der Waals surface area contributed by atoms with Gasteiger partial charge in [0, 0.05) is 17.7 Å². The standard InChI is InChI=1S/C16H15F3N4O2S/c1-15(2)13(24)23(14(25)22-15)7-8-26-11-9-5-3-4-6-10(9)20-12(21-11)16(17,18)19/h3-6H,7-8H2,1-2H3,(H,22,25). The molecule has 2 aromatic rings. The Labute approximate surface area is 151 Å². The summed E-state index contributed by atoms with van der Waals surface area (Å²) in [5.74, 6) is -1.37. The van der Waals surface area contributed by atoms with Gasteiger partial charge in [0.2, 0.25) is 5.82 Å². The van der Waals surface area contributed by atoms with Crippen LogP contribution in [0.3, 0.4) is 0 Å². The van der Waals surface area contributed by atoms with Crippen molar-refractivity contribution < 1.29 is 22.8 Å². The van der Waals surface area contributed by atoms with E-state index in [0.29, 0.717) is 5.39 Å². The zero-order chi connectivity index (χ0) is 19.1. The molecule has 0 spiro atoms. The molecule has 138 valence electrons. The molecule has 3 rings (SSSR count). The summed E-state index contributed by atoms with van der Waals surface area (Å²) < 4.78 is 39.0. The van der Waals surface area contributed by atoms with Gasteiger partial charge in [0.05, 0.1) is 5.52 Å². The zero-order valence-corrected chi connectivity index (χ0v) is 14.7. The van der Waals surface area contributed by atoms with Crippen molar-refractivity contribution in [2.75, 3.05) is 12.3 Å². The van der Waals surface area contributed by atoms with E-state index in [1.54, 1.807) is 32.0 Å². The molecule has 0 unspecified atom stereocenters. The molecule has 0 aliphatic carbocycles. The average Bonchev–Trinajstić information content (AvgIpc) is 2.75. The topological polar surface area (TPSA) is 75.2 Å². The van der Waals surface area contributed by atoms with Crippen LogP contribution in [0.2, 0.25) is 0 Å². The van der Waals surface area contributed by atoms with Crippen LogP contribution in [-0.4, -0.2) is 44.6 Å². The summed E-state index contributed by atoms with van der Waals surface area (Å²) in [5.41, 5.74) is -0.791. The van der Waals surface area contributed by atoms with Gasteiger partial charge in [-0.3, -0.25) is 9.69 Å². The summed E-state index contributed by atoms with van der Waals surface area (Å²) >= 11 is 1.05. The lowest BCUT2D eigenvalue weighted by molar-refractivity contribution is -0.145. The number of nitrogens with one attached hydrogen (secondary N) is 1. The van der Waals surface area contributed by atoms with Crippen LogP contribution < -0.4 is 5.32 Å². The van der Waals surface area contributed by atoms with Gasteiger partial charge in [-0.1, -0.05) is 18.2 Å². The number of alkyl halides is 3. The van der Waals surface area contributed by atoms with Gasteiger partial charge in [-0.15, -0.1) is 11.8 Å². The smallest absolute Gasteiger partial charge is 0.324 e. The highest BCUT2D eigenvalue weighted by atomic mass is 32.2. The molecule has 1 fully saturated rings. The van der Waals surface area contributed by atoms with E-state index >= 15 is 0 Å². The van der Waals surface area contributed by atoms with Crippen molar-refractivity contribution in [3.05, 3.63) is 30.1 Å². The molecular formula is C16H15F3N4O2S. The normalized spacial score (nSPS) is 17.0. The van der Waals surface area contributed by atoms with Crippen molar-refractivity contribution in [3.8, 4) is 0 Å². The molecule has 0 atom stereocenters. The summed E-state index contributed by atoms with van der Waals surface area (Å²) in [5, 5.41) is 3.20. The molecule has 2 heterocycles. The van der Waals surface area contributed by atoms with E-state index in [2.05, 4.69) is 15.3 Å². The number of hydrogen-bond donors (Lipinski definition) is 1. The average molecular weight is 384 g/mol. The molecule has 1 N–H and O–H groups in total. The SMILES string of the molecule is CC1(C)NC(=O)N(CCSc2nc(C(F)(F)F)nc3ccccc23)C1=O. The third-order valence-corrected chi connectivity index (χ3v) is 4.79. The van der Waals surface area contributed by atoms with E-state index in [9.17, 15) is 22.8 Å². The first-order valence-corrected chi connectivity index (χ1v) is 8.69. The van der Waals surface area contributed by atoms with Crippen LogP contribution in [0.1, 0.15) is 19.7 Å². The number of benzene rings is 1. The van der Waals surface area contributed by atoms with Crippen molar-refractivity contribution in [2.45, 2.75) is 30.6 Å². The van der Waals surface area contributed by atoms with Crippen LogP contribution in [0, 0.1) is 0 Å². The molecule has 10 heteroatoms. The molecule has 1 saturated heterocycles. The fourth-order valence-corrected chi connectivity index (χ4v) is 3.49. The van der Waals surface area contributed by atoms with Crippen LogP contribution in [0.5, 0.6) is 0 Å². The zero-order valence-electron chi connectivity index (χ0n) is 13.9. The molecule has 0 saturated carbocycles. The maximum absolute atomic E-state index is 13.0. The number of urea groups is 1. The van der Waals surface area contributed by atoms with Crippen molar-refractivity contribution >= 4 is 34.6 Å². The quantitative estimate of drug-likeness (QED) is 0.498. The molecule has 0 bridgehead atoms. The molecule has 1 aromatic heterocycles. The Bertz CT molecular complexity index is 885. The molecule has 6 nitrogen and oxygen atoms in total. The largest absolute Gasteiger partial charge is 0.451 e. The summed E-state index contributed by atoms with van der Waals surface area (Å²) in [7, 11) is 0. The predicted molar refractivity (Wildman–Crippen MR) is 89.6 cm³/mol. The van der Waals surface area contributed by atoms with Crippen LogP contribution in [0.4, 0.5) is 18.0 Å². The third-order valence-electron chi connectivity index (χ3n) is 3.82. The number of carbonyl (C=O) groups is 2. The van der Waals surface area contributed by atoms with E-state index in [-0.39, 0.29) is 28.7 Å². The number of imide groups is 1. The van der Waals surface area contributed by atoms with Crippen LogP contribution in [-0.2, 0) is 11.0 Å². The Balaban J connectivity index is 1.81. The minimum atomic E-state index is -4.66. The predicted octanol–water partition coefficient (Wildman–Crippen LogP) is 3.07. The van der Waals surface area contributed by atoms with Gasteiger partial charge in [-0.2, -0.15) is 13.2 Å². The van der Waals surface area contributed by atoms with E-state index in [1.807, 2.05) is 0 Å². The van der Waals surface area contributed by atoms with Gasteiger partial charge in [-0.05, 0) is 19.9 Å². The van der Waals surface area contributed by atoms with E-state index in [4.69, 9.17) is 0 Å². The number of amides is 3. The van der Waals surface area contributed by atoms with Gasteiger partial charge < -0.3 is 5.32 Å². The monoisotopic (exact) mass is 384 g/mol. The molecule has 3 amide bonds. The van der Waals surface area contributed by atoms with Crippen molar-refractivity contribution in [1.82, 2.24) is 20.2 Å².